The molecule has 24 heavy (non-hydrogen) atoms. The topological polar surface area (TPSA) is 64.2 Å². The van der Waals surface area contributed by atoms with E-state index in [1.54, 1.807) is 18.2 Å². The van der Waals surface area contributed by atoms with Crippen molar-refractivity contribution in [2.45, 2.75) is 19.4 Å². The number of carbonyl (C=O) groups is 1. The van der Waals surface area contributed by atoms with Gasteiger partial charge in [0.2, 0.25) is 5.91 Å². The number of hydrogen-bond donors (Lipinski definition) is 1. The van der Waals surface area contributed by atoms with Crippen molar-refractivity contribution in [2.24, 2.45) is 0 Å². The molecular formula is C18H17ClN2O3. The van der Waals surface area contributed by atoms with Gasteiger partial charge in [-0.15, -0.1) is 0 Å². The highest BCUT2D eigenvalue weighted by atomic mass is 35.5. The van der Waals surface area contributed by atoms with Crippen LogP contribution in [0.4, 0.5) is 0 Å². The van der Waals surface area contributed by atoms with Crippen molar-refractivity contribution < 1.29 is 9.21 Å². The van der Waals surface area contributed by atoms with Crippen molar-refractivity contribution in [1.82, 2.24) is 9.88 Å². The first-order valence-electron chi connectivity index (χ1n) is 7.65. The van der Waals surface area contributed by atoms with Gasteiger partial charge in [0, 0.05) is 17.6 Å². The summed E-state index contributed by atoms with van der Waals surface area (Å²) in [5, 5.41) is 3.33. The molecule has 124 valence electrons. The first kappa shape index (κ1) is 16.3. The number of fused-ring (bicyclic) bond motifs is 1. The van der Waals surface area contributed by atoms with E-state index in [1.165, 1.54) is 4.57 Å². The molecule has 0 fully saturated rings. The maximum Gasteiger partial charge on any atom is 0.420 e. The van der Waals surface area contributed by atoms with E-state index in [9.17, 15) is 9.59 Å². The zero-order valence-electron chi connectivity index (χ0n) is 13.2. The summed E-state index contributed by atoms with van der Waals surface area (Å²) in [4.78, 5) is 24.1. The molecule has 1 amide bonds. The van der Waals surface area contributed by atoms with E-state index in [2.05, 4.69) is 5.32 Å². The SMILES string of the molecule is C[C@@H](CNC(=O)Cn1c(=O)oc2cc(Cl)ccc21)c1ccccc1. The molecule has 3 aromatic rings. The zero-order chi connectivity index (χ0) is 17.1. The van der Waals surface area contributed by atoms with Crippen LogP contribution in [-0.2, 0) is 11.3 Å². The van der Waals surface area contributed by atoms with Gasteiger partial charge in [0.25, 0.3) is 0 Å². The summed E-state index contributed by atoms with van der Waals surface area (Å²) in [6, 6.07) is 14.8. The van der Waals surface area contributed by atoms with Crippen molar-refractivity contribution in [3.8, 4) is 0 Å². The molecular weight excluding hydrogens is 328 g/mol. The molecule has 2 aromatic carbocycles. The summed E-state index contributed by atoms with van der Waals surface area (Å²) in [5.41, 5.74) is 2.08. The number of benzene rings is 2. The number of halogens is 1. The van der Waals surface area contributed by atoms with Crippen LogP contribution < -0.4 is 11.1 Å². The molecule has 3 rings (SSSR count). The lowest BCUT2D eigenvalue weighted by atomic mass is 10.0. The van der Waals surface area contributed by atoms with Crippen molar-refractivity contribution >= 4 is 28.6 Å². The monoisotopic (exact) mass is 344 g/mol. The molecule has 1 N–H and O–H groups in total. The number of carbonyl (C=O) groups excluding carboxylic acids is 1. The fourth-order valence-corrected chi connectivity index (χ4v) is 2.72. The van der Waals surface area contributed by atoms with Crippen LogP contribution in [0.3, 0.4) is 0 Å². The van der Waals surface area contributed by atoms with Crippen LogP contribution in [0.25, 0.3) is 11.1 Å². The van der Waals surface area contributed by atoms with E-state index in [4.69, 9.17) is 16.0 Å². The Morgan fingerprint density at radius 2 is 2.00 bits per heavy atom. The van der Waals surface area contributed by atoms with Crippen molar-refractivity contribution in [1.29, 1.82) is 0 Å². The molecule has 0 bridgehead atoms. The third-order valence-electron chi connectivity index (χ3n) is 3.91. The van der Waals surface area contributed by atoms with Gasteiger partial charge >= 0.3 is 5.76 Å². The average molecular weight is 345 g/mol. The lowest BCUT2D eigenvalue weighted by Gasteiger charge is -2.13. The largest absolute Gasteiger partial charge is 0.420 e. The molecule has 1 aromatic heterocycles. The number of oxazole rings is 1. The number of nitrogens with one attached hydrogen (secondary N) is 1. The van der Waals surface area contributed by atoms with Crippen LogP contribution >= 0.6 is 11.6 Å². The Bertz CT molecular complexity index is 915. The molecule has 0 aliphatic carbocycles. The Morgan fingerprint density at radius 1 is 1.25 bits per heavy atom. The second-order valence-corrected chi connectivity index (χ2v) is 6.12. The molecule has 0 aliphatic heterocycles. The van der Waals surface area contributed by atoms with E-state index in [1.807, 2.05) is 37.3 Å². The molecule has 1 atom stereocenters. The number of nitrogens with zero attached hydrogens (tertiary/aromatic N) is 1. The molecule has 0 spiro atoms. The van der Waals surface area contributed by atoms with Crippen molar-refractivity contribution in [3.05, 3.63) is 69.7 Å². The Kier molecular flexibility index (Phi) is 4.71. The van der Waals surface area contributed by atoms with E-state index in [0.29, 0.717) is 22.7 Å². The van der Waals surface area contributed by atoms with Crippen molar-refractivity contribution in [2.75, 3.05) is 6.54 Å². The second kappa shape index (κ2) is 6.93. The summed E-state index contributed by atoms with van der Waals surface area (Å²) in [5.74, 6) is -0.622. The van der Waals surface area contributed by atoms with E-state index in [0.717, 1.165) is 5.56 Å². The fourth-order valence-electron chi connectivity index (χ4n) is 2.56. The van der Waals surface area contributed by atoms with Gasteiger partial charge in [-0.2, -0.15) is 0 Å². The molecule has 6 heteroatoms. The van der Waals surface area contributed by atoms with Gasteiger partial charge in [-0.3, -0.25) is 9.36 Å². The summed E-state index contributed by atoms with van der Waals surface area (Å²) in [6.07, 6.45) is 0. The molecule has 0 unspecified atom stereocenters. The van der Waals surface area contributed by atoms with Crippen LogP contribution in [0.2, 0.25) is 5.02 Å². The molecule has 0 saturated heterocycles. The first-order valence-corrected chi connectivity index (χ1v) is 8.03. The normalized spacial score (nSPS) is 12.2. The zero-order valence-corrected chi connectivity index (χ0v) is 13.9. The van der Waals surface area contributed by atoms with Crippen molar-refractivity contribution in [3.63, 3.8) is 0 Å². The highest BCUT2D eigenvalue weighted by Gasteiger charge is 2.14. The summed E-state index contributed by atoms with van der Waals surface area (Å²) in [7, 11) is 0. The minimum atomic E-state index is -0.571. The van der Waals surface area contributed by atoms with Crippen LogP contribution in [0.5, 0.6) is 0 Å². The van der Waals surface area contributed by atoms with Crippen LogP contribution in [0.15, 0.2) is 57.7 Å². The van der Waals surface area contributed by atoms with Gasteiger partial charge in [0.15, 0.2) is 5.58 Å². The van der Waals surface area contributed by atoms with Gasteiger partial charge in [-0.25, -0.2) is 4.79 Å². The van der Waals surface area contributed by atoms with Gasteiger partial charge in [-0.1, -0.05) is 48.9 Å². The standard InChI is InChI=1S/C18H17ClN2O3/c1-12(13-5-3-2-4-6-13)10-20-17(22)11-21-15-8-7-14(19)9-16(15)24-18(21)23/h2-9,12H,10-11H2,1H3,(H,20,22)/t12-/m0/s1. The summed E-state index contributed by atoms with van der Waals surface area (Å²) < 4.78 is 6.42. The highest BCUT2D eigenvalue weighted by Crippen LogP contribution is 2.18. The Morgan fingerprint density at radius 3 is 2.75 bits per heavy atom. The predicted octanol–water partition coefficient (Wildman–Crippen LogP) is 3.17. The molecule has 5 nitrogen and oxygen atoms in total. The molecule has 1 heterocycles. The maximum absolute atomic E-state index is 12.2. The molecule has 0 radical (unpaired) electrons. The summed E-state index contributed by atoms with van der Waals surface area (Å²) in [6.45, 7) is 2.45. The van der Waals surface area contributed by atoms with Gasteiger partial charge in [-0.05, 0) is 23.6 Å². The minimum Gasteiger partial charge on any atom is -0.408 e. The Hall–Kier alpha value is -2.53. The quantitative estimate of drug-likeness (QED) is 0.773. The molecule has 0 aliphatic rings. The number of amides is 1. The Balaban J connectivity index is 1.67. The van der Waals surface area contributed by atoms with Crippen LogP contribution in [0, 0.1) is 0 Å². The first-order chi connectivity index (χ1) is 11.5. The predicted molar refractivity (Wildman–Crippen MR) is 93.4 cm³/mol. The highest BCUT2D eigenvalue weighted by molar-refractivity contribution is 6.31. The summed E-state index contributed by atoms with van der Waals surface area (Å²) >= 11 is 5.88. The minimum absolute atomic E-state index is 0.0883. The van der Waals surface area contributed by atoms with E-state index >= 15 is 0 Å². The smallest absolute Gasteiger partial charge is 0.408 e. The fraction of sp³-hybridized carbons (Fsp3) is 0.222. The van der Waals surface area contributed by atoms with E-state index in [-0.39, 0.29) is 18.4 Å². The van der Waals surface area contributed by atoms with Gasteiger partial charge in [0.1, 0.15) is 6.54 Å². The third kappa shape index (κ3) is 3.51. The average Bonchev–Trinajstić information content (AvgIpc) is 2.88. The number of aromatic nitrogens is 1. The van der Waals surface area contributed by atoms with Crippen LogP contribution in [-0.4, -0.2) is 17.0 Å². The van der Waals surface area contributed by atoms with Crippen LogP contribution in [0.1, 0.15) is 18.4 Å². The lowest BCUT2D eigenvalue weighted by molar-refractivity contribution is -0.121. The van der Waals surface area contributed by atoms with Gasteiger partial charge in [0.05, 0.1) is 5.52 Å². The third-order valence-corrected chi connectivity index (χ3v) is 4.14. The lowest BCUT2D eigenvalue weighted by Crippen LogP contribution is -2.33. The van der Waals surface area contributed by atoms with Gasteiger partial charge < -0.3 is 9.73 Å². The molecule has 0 saturated carbocycles. The Labute approximate surface area is 143 Å². The number of hydrogen-bond acceptors (Lipinski definition) is 3. The number of rotatable bonds is 5. The second-order valence-electron chi connectivity index (χ2n) is 5.68. The van der Waals surface area contributed by atoms with E-state index < -0.39 is 5.76 Å². The maximum atomic E-state index is 12.2.